The molecule has 0 spiro atoms. The summed E-state index contributed by atoms with van der Waals surface area (Å²) in [7, 11) is 0. The number of hydrogen-bond acceptors (Lipinski definition) is 4. The number of carboxylic acids is 1. The molecule has 0 aromatic carbocycles. The van der Waals surface area contributed by atoms with Crippen LogP contribution in [0.1, 0.15) is 61.3 Å². The van der Waals surface area contributed by atoms with Crippen LogP contribution in [0.3, 0.4) is 0 Å². The Balaban J connectivity index is 2.43. The second kappa shape index (κ2) is 5.49. The van der Waals surface area contributed by atoms with E-state index in [-0.39, 0.29) is 18.1 Å². The molecule has 0 aromatic rings. The van der Waals surface area contributed by atoms with Gasteiger partial charge in [-0.3, -0.25) is 14.9 Å². The van der Waals surface area contributed by atoms with Gasteiger partial charge >= 0.3 is 5.97 Å². The highest BCUT2D eigenvalue weighted by Gasteiger charge is 2.81. The molecule has 138 valence electrons. The second-order valence-corrected chi connectivity index (χ2v) is 8.88. The molecular weight excluding hydrogens is 313 g/mol. The number of halogens is 1. The Kier molecular flexibility index (Phi) is 4.42. The molecule has 2 fully saturated rings. The molecule has 0 amide bonds. The van der Waals surface area contributed by atoms with E-state index in [1.807, 2.05) is 13.8 Å². The summed E-state index contributed by atoms with van der Waals surface area (Å²) in [5.41, 5.74) is -3.81. The van der Waals surface area contributed by atoms with Crippen LogP contribution < -0.4 is 5.32 Å². The Hall–Kier alpha value is -1.01. The van der Waals surface area contributed by atoms with E-state index >= 15 is 0 Å². The second-order valence-electron chi connectivity index (χ2n) is 8.88. The van der Waals surface area contributed by atoms with Crippen molar-refractivity contribution in [3.8, 4) is 0 Å². The topological polar surface area (TPSA) is 75.6 Å². The molecule has 2 saturated carbocycles. The summed E-state index contributed by atoms with van der Waals surface area (Å²) in [6.45, 7) is 12.4. The standard InChI is InChI=1S/C18H30FNO4/c1-8-10(13(21)22)20-18-11(16(18,5)6)9-12(19)17(7,14(18)23)24-15(2,3)4/h10-12,20H,8-9H2,1-7H3,(H,21,22). The number of Topliss-reactive ketones (excluding diaryl/α,β-unsaturated/α-hetero) is 1. The van der Waals surface area contributed by atoms with Crippen molar-refractivity contribution in [3.63, 3.8) is 0 Å². The van der Waals surface area contributed by atoms with Crippen LogP contribution in [0.15, 0.2) is 0 Å². The van der Waals surface area contributed by atoms with Crippen LogP contribution in [0.5, 0.6) is 0 Å². The van der Waals surface area contributed by atoms with Gasteiger partial charge in [-0.2, -0.15) is 0 Å². The van der Waals surface area contributed by atoms with Gasteiger partial charge < -0.3 is 9.84 Å². The van der Waals surface area contributed by atoms with Crippen LogP contribution >= 0.6 is 0 Å². The molecule has 2 aliphatic rings. The first-order valence-electron chi connectivity index (χ1n) is 8.63. The van der Waals surface area contributed by atoms with Gasteiger partial charge in [0.15, 0.2) is 11.4 Å². The number of ketones is 1. The number of ether oxygens (including phenoxy) is 1. The normalized spacial score (nSPS) is 39.2. The SMILES string of the molecule is CCC(NC12C(=O)C(C)(OC(C)(C)C)C(F)CC1C2(C)C)C(=O)O. The van der Waals surface area contributed by atoms with Gasteiger partial charge in [-0.1, -0.05) is 20.8 Å². The smallest absolute Gasteiger partial charge is 0.320 e. The van der Waals surface area contributed by atoms with Crippen molar-refractivity contribution in [1.29, 1.82) is 0 Å². The highest BCUT2D eigenvalue weighted by Crippen LogP contribution is 2.69. The molecule has 6 heteroatoms. The fourth-order valence-electron chi connectivity index (χ4n) is 4.47. The lowest BCUT2D eigenvalue weighted by Crippen LogP contribution is -2.65. The van der Waals surface area contributed by atoms with E-state index in [1.165, 1.54) is 6.92 Å². The van der Waals surface area contributed by atoms with Gasteiger partial charge in [-0.25, -0.2) is 4.39 Å². The first-order valence-corrected chi connectivity index (χ1v) is 8.63. The summed E-state index contributed by atoms with van der Waals surface area (Å²) in [5, 5.41) is 12.4. The molecule has 2 N–H and O–H groups in total. The zero-order chi connectivity index (χ0) is 18.7. The summed E-state index contributed by atoms with van der Waals surface area (Å²) >= 11 is 0. The fraction of sp³-hybridized carbons (Fsp3) is 0.889. The monoisotopic (exact) mass is 343 g/mol. The maximum Gasteiger partial charge on any atom is 0.320 e. The molecule has 5 unspecified atom stereocenters. The average Bonchev–Trinajstić information content (AvgIpc) is 2.88. The van der Waals surface area contributed by atoms with Gasteiger partial charge in [-0.15, -0.1) is 0 Å². The van der Waals surface area contributed by atoms with Crippen molar-refractivity contribution >= 4 is 11.8 Å². The Bertz CT molecular complexity index is 556. The largest absolute Gasteiger partial charge is 0.480 e. The van der Waals surface area contributed by atoms with Gasteiger partial charge in [0.05, 0.1) is 11.1 Å². The third-order valence-electron chi connectivity index (χ3n) is 5.80. The number of alkyl halides is 1. The minimum Gasteiger partial charge on any atom is -0.480 e. The molecule has 24 heavy (non-hydrogen) atoms. The maximum absolute atomic E-state index is 14.9. The number of rotatable bonds is 5. The van der Waals surface area contributed by atoms with E-state index in [2.05, 4.69) is 5.32 Å². The van der Waals surface area contributed by atoms with Crippen molar-refractivity contribution in [1.82, 2.24) is 5.32 Å². The highest BCUT2D eigenvalue weighted by atomic mass is 19.1. The summed E-state index contributed by atoms with van der Waals surface area (Å²) in [6, 6.07) is -0.840. The lowest BCUT2D eigenvalue weighted by molar-refractivity contribution is -0.186. The van der Waals surface area contributed by atoms with Crippen LogP contribution in [-0.4, -0.2) is 45.8 Å². The fourth-order valence-corrected chi connectivity index (χ4v) is 4.47. The summed E-state index contributed by atoms with van der Waals surface area (Å²) in [4.78, 5) is 24.8. The molecule has 5 nitrogen and oxygen atoms in total. The predicted molar refractivity (Wildman–Crippen MR) is 88.6 cm³/mol. The van der Waals surface area contributed by atoms with Gasteiger partial charge in [0, 0.05) is 0 Å². The van der Waals surface area contributed by atoms with Crippen molar-refractivity contribution in [3.05, 3.63) is 0 Å². The first kappa shape index (κ1) is 19.3. The number of carbonyl (C=O) groups is 2. The number of aliphatic carboxylic acids is 1. The lowest BCUT2D eigenvalue weighted by Gasteiger charge is -2.43. The van der Waals surface area contributed by atoms with Crippen LogP contribution in [0.4, 0.5) is 4.39 Å². The first-order chi connectivity index (χ1) is 10.7. The summed E-state index contributed by atoms with van der Waals surface area (Å²) in [6.07, 6.45) is -0.868. The van der Waals surface area contributed by atoms with Crippen LogP contribution in [0.2, 0.25) is 0 Å². The van der Waals surface area contributed by atoms with Crippen LogP contribution in [0.25, 0.3) is 0 Å². The Morgan fingerprint density at radius 1 is 1.42 bits per heavy atom. The molecule has 2 rings (SSSR count). The number of nitrogens with one attached hydrogen (secondary N) is 1. The van der Waals surface area contributed by atoms with E-state index in [4.69, 9.17) is 4.74 Å². The van der Waals surface area contributed by atoms with Crippen LogP contribution in [-0.2, 0) is 14.3 Å². The summed E-state index contributed by atoms with van der Waals surface area (Å²) in [5.74, 6) is -1.59. The molecule has 0 aliphatic heterocycles. The molecule has 0 radical (unpaired) electrons. The quantitative estimate of drug-likeness (QED) is 0.803. The summed E-state index contributed by atoms with van der Waals surface area (Å²) < 4.78 is 20.8. The Labute approximate surface area is 143 Å². The van der Waals surface area contributed by atoms with E-state index in [1.54, 1.807) is 27.7 Å². The van der Waals surface area contributed by atoms with Gasteiger partial charge in [0.1, 0.15) is 12.2 Å². The zero-order valence-electron chi connectivity index (χ0n) is 15.7. The third kappa shape index (κ3) is 2.58. The molecule has 5 atom stereocenters. The van der Waals surface area contributed by atoms with Crippen molar-refractivity contribution < 1.29 is 23.8 Å². The number of carbonyl (C=O) groups excluding carboxylic acids is 1. The highest BCUT2D eigenvalue weighted by molar-refractivity contribution is 6.02. The van der Waals surface area contributed by atoms with Crippen molar-refractivity contribution in [2.75, 3.05) is 0 Å². The minimum atomic E-state index is -1.58. The predicted octanol–water partition coefficient (Wildman–Crippen LogP) is 2.72. The lowest BCUT2D eigenvalue weighted by atomic mass is 9.78. The van der Waals surface area contributed by atoms with Gasteiger partial charge in [0.2, 0.25) is 0 Å². The third-order valence-corrected chi connectivity index (χ3v) is 5.80. The maximum atomic E-state index is 14.9. The molecule has 0 aromatic heterocycles. The molecule has 0 saturated heterocycles. The van der Waals surface area contributed by atoms with Crippen LogP contribution in [0, 0.1) is 11.3 Å². The Morgan fingerprint density at radius 2 is 1.96 bits per heavy atom. The molecule has 0 heterocycles. The molecule has 0 bridgehead atoms. The van der Waals surface area contributed by atoms with Crippen molar-refractivity contribution in [2.45, 2.75) is 90.3 Å². The Morgan fingerprint density at radius 3 is 2.38 bits per heavy atom. The molecule has 2 aliphatic carbocycles. The van der Waals surface area contributed by atoms with Crippen molar-refractivity contribution in [2.24, 2.45) is 11.3 Å². The average molecular weight is 343 g/mol. The zero-order valence-corrected chi connectivity index (χ0v) is 15.7. The van der Waals surface area contributed by atoms with Gasteiger partial charge in [-0.05, 0) is 51.9 Å². The van der Waals surface area contributed by atoms with Gasteiger partial charge in [0.25, 0.3) is 0 Å². The van der Waals surface area contributed by atoms with E-state index < -0.39 is 40.3 Å². The number of carboxylic acid groups (broad SMARTS) is 1. The number of hydrogen-bond donors (Lipinski definition) is 2. The van der Waals surface area contributed by atoms with E-state index in [9.17, 15) is 19.1 Å². The molecular formula is C18H30FNO4. The van der Waals surface area contributed by atoms with E-state index in [0.717, 1.165) is 0 Å². The van der Waals surface area contributed by atoms with E-state index in [0.29, 0.717) is 6.42 Å². The minimum absolute atomic E-state index is 0.189. The number of fused-ring (bicyclic) bond motifs is 1.